The minimum absolute atomic E-state index is 0.277. The van der Waals surface area contributed by atoms with E-state index in [0.717, 1.165) is 4.90 Å². The summed E-state index contributed by atoms with van der Waals surface area (Å²) >= 11 is 0. The molecule has 0 spiro atoms. The maximum Gasteiger partial charge on any atom is 0.328 e. The summed E-state index contributed by atoms with van der Waals surface area (Å²) in [6, 6.07) is -2.28. The van der Waals surface area contributed by atoms with Crippen molar-refractivity contribution in [2.75, 3.05) is 26.2 Å². The molecule has 0 aromatic rings. The number of carbonyl (C=O) groups excluding carboxylic acids is 4. The van der Waals surface area contributed by atoms with E-state index < -0.39 is 55.4 Å². The van der Waals surface area contributed by atoms with Gasteiger partial charge in [0.05, 0.1) is 0 Å². The molecule has 21 heavy (non-hydrogen) atoms. The van der Waals surface area contributed by atoms with Crippen LogP contribution in [-0.2, 0) is 19.2 Å². The third-order valence-corrected chi connectivity index (χ3v) is 2.68. The predicted octanol–water partition coefficient (Wildman–Crippen LogP) is -3.74. The highest BCUT2D eigenvalue weighted by Gasteiger charge is 2.37. The Morgan fingerprint density at radius 2 is 1.76 bits per heavy atom. The maximum absolute atomic E-state index is 12.2. The van der Waals surface area contributed by atoms with Crippen molar-refractivity contribution in [1.82, 2.24) is 15.1 Å². The van der Waals surface area contributed by atoms with Crippen molar-refractivity contribution in [1.29, 1.82) is 0 Å². The quantitative estimate of drug-likeness (QED) is 0.405. The molecule has 1 atom stereocenters. The number of amides is 5. The molecule has 1 heterocycles. The lowest BCUT2D eigenvalue weighted by Crippen LogP contribution is -2.62. The van der Waals surface area contributed by atoms with Gasteiger partial charge in [-0.2, -0.15) is 0 Å². The minimum Gasteiger partial charge on any atom is -0.480 e. The van der Waals surface area contributed by atoms with Crippen LogP contribution in [-0.4, -0.2) is 76.8 Å². The standard InChI is InChI=1S/C10H15N5O6/c11-6(16)2-14(3-7(12)17)10(21)15-4-8(18)13-1-5(15)9(19)20/h5H,1-4H2,(H2,11,16)(H2,12,17)(H,13,18)(H,19,20). The fraction of sp³-hybridized carbons (Fsp3) is 0.500. The Balaban J connectivity index is 2.96. The van der Waals surface area contributed by atoms with Gasteiger partial charge in [-0.25, -0.2) is 9.59 Å². The molecular formula is C10H15N5O6. The summed E-state index contributed by atoms with van der Waals surface area (Å²) in [7, 11) is 0. The average molecular weight is 301 g/mol. The van der Waals surface area contributed by atoms with Crippen molar-refractivity contribution in [3.63, 3.8) is 0 Å². The van der Waals surface area contributed by atoms with Gasteiger partial charge < -0.3 is 26.8 Å². The Labute approximate surface area is 118 Å². The third kappa shape index (κ3) is 4.33. The highest BCUT2D eigenvalue weighted by atomic mass is 16.4. The Kier molecular flexibility index (Phi) is 5.05. The number of carboxylic acid groups (broad SMARTS) is 1. The number of rotatable bonds is 5. The average Bonchev–Trinajstić information content (AvgIpc) is 2.35. The molecule has 11 nitrogen and oxygen atoms in total. The molecule has 1 aliphatic rings. The molecule has 1 fully saturated rings. The highest BCUT2D eigenvalue weighted by molar-refractivity contribution is 5.93. The van der Waals surface area contributed by atoms with Crippen LogP contribution in [0.15, 0.2) is 0 Å². The molecule has 0 aromatic heterocycles. The van der Waals surface area contributed by atoms with Gasteiger partial charge in [0.25, 0.3) is 0 Å². The van der Waals surface area contributed by atoms with E-state index in [9.17, 15) is 24.0 Å². The first-order valence-corrected chi connectivity index (χ1v) is 5.84. The van der Waals surface area contributed by atoms with Gasteiger partial charge in [-0.1, -0.05) is 0 Å². The topological polar surface area (TPSA) is 176 Å². The van der Waals surface area contributed by atoms with Crippen LogP contribution in [0.3, 0.4) is 0 Å². The molecule has 0 radical (unpaired) electrons. The van der Waals surface area contributed by atoms with Gasteiger partial charge in [-0.05, 0) is 0 Å². The second kappa shape index (κ2) is 6.54. The van der Waals surface area contributed by atoms with Crippen molar-refractivity contribution in [2.24, 2.45) is 11.5 Å². The molecule has 6 N–H and O–H groups in total. The lowest BCUT2D eigenvalue weighted by molar-refractivity contribution is -0.144. The first kappa shape index (κ1) is 16.2. The molecule has 1 unspecified atom stereocenters. The minimum atomic E-state index is -1.33. The molecule has 11 heteroatoms. The first-order valence-electron chi connectivity index (χ1n) is 5.84. The van der Waals surface area contributed by atoms with E-state index in [1.54, 1.807) is 0 Å². The van der Waals surface area contributed by atoms with Crippen molar-refractivity contribution >= 4 is 29.7 Å². The van der Waals surface area contributed by atoms with Crippen LogP contribution in [0, 0.1) is 0 Å². The molecule has 1 rings (SSSR count). The van der Waals surface area contributed by atoms with Gasteiger partial charge in [0.15, 0.2) is 0 Å². The molecule has 1 saturated heterocycles. The number of urea groups is 1. The Bertz CT molecular complexity index is 476. The summed E-state index contributed by atoms with van der Waals surface area (Å²) in [5, 5.41) is 11.3. The number of piperazine rings is 1. The van der Waals surface area contributed by atoms with E-state index in [0.29, 0.717) is 4.90 Å². The third-order valence-electron chi connectivity index (χ3n) is 2.68. The SMILES string of the molecule is NC(=O)CN(CC(N)=O)C(=O)N1CC(=O)NCC1C(=O)O. The van der Waals surface area contributed by atoms with Crippen molar-refractivity contribution in [2.45, 2.75) is 6.04 Å². The van der Waals surface area contributed by atoms with Gasteiger partial charge in [0.1, 0.15) is 25.7 Å². The summed E-state index contributed by atoms with van der Waals surface area (Å²) in [4.78, 5) is 57.9. The number of primary amides is 2. The monoisotopic (exact) mass is 301 g/mol. The van der Waals surface area contributed by atoms with Crippen LogP contribution in [0.4, 0.5) is 4.79 Å². The van der Waals surface area contributed by atoms with E-state index in [-0.39, 0.29) is 6.54 Å². The van der Waals surface area contributed by atoms with Crippen LogP contribution in [0.25, 0.3) is 0 Å². The second-order valence-electron chi connectivity index (χ2n) is 4.36. The Hall–Kier alpha value is -2.85. The number of carbonyl (C=O) groups is 5. The van der Waals surface area contributed by atoms with E-state index >= 15 is 0 Å². The van der Waals surface area contributed by atoms with Gasteiger partial charge in [0, 0.05) is 6.54 Å². The second-order valence-corrected chi connectivity index (χ2v) is 4.36. The van der Waals surface area contributed by atoms with Crippen LogP contribution < -0.4 is 16.8 Å². The Morgan fingerprint density at radius 1 is 1.24 bits per heavy atom. The predicted molar refractivity (Wildman–Crippen MR) is 66.5 cm³/mol. The number of carboxylic acids is 1. The van der Waals surface area contributed by atoms with Crippen LogP contribution in [0.2, 0.25) is 0 Å². The van der Waals surface area contributed by atoms with Gasteiger partial charge in [-0.3, -0.25) is 19.3 Å². The van der Waals surface area contributed by atoms with E-state index in [4.69, 9.17) is 16.6 Å². The normalized spacial score (nSPS) is 17.8. The molecule has 116 valence electrons. The first-order chi connectivity index (χ1) is 9.72. The van der Waals surface area contributed by atoms with Gasteiger partial charge >= 0.3 is 12.0 Å². The van der Waals surface area contributed by atoms with Crippen molar-refractivity contribution < 1.29 is 29.1 Å². The molecule has 0 aliphatic carbocycles. The van der Waals surface area contributed by atoms with Gasteiger partial charge in [-0.15, -0.1) is 0 Å². The summed E-state index contributed by atoms with van der Waals surface area (Å²) in [5.41, 5.74) is 9.92. The molecule has 0 bridgehead atoms. The number of nitrogens with one attached hydrogen (secondary N) is 1. The van der Waals surface area contributed by atoms with E-state index in [1.165, 1.54) is 0 Å². The van der Waals surface area contributed by atoms with Crippen molar-refractivity contribution in [3.05, 3.63) is 0 Å². The van der Waals surface area contributed by atoms with E-state index in [2.05, 4.69) is 5.32 Å². The van der Waals surface area contributed by atoms with Crippen molar-refractivity contribution in [3.8, 4) is 0 Å². The Morgan fingerprint density at radius 3 is 2.19 bits per heavy atom. The zero-order chi connectivity index (χ0) is 16.2. The number of aliphatic carboxylic acids is 1. The van der Waals surface area contributed by atoms with Crippen LogP contribution in [0.1, 0.15) is 0 Å². The van der Waals surface area contributed by atoms with Crippen LogP contribution >= 0.6 is 0 Å². The number of nitrogens with zero attached hydrogens (tertiary/aromatic N) is 2. The number of nitrogens with two attached hydrogens (primary N) is 2. The highest BCUT2D eigenvalue weighted by Crippen LogP contribution is 2.09. The number of hydrogen-bond acceptors (Lipinski definition) is 5. The zero-order valence-electron chi connectivity index (χ0n) is 10.9. The summed E-state index contributed by atoms with van der Waals surface area (Å²) in [5.74, 6) is -3.70. The van der Waals surface area contributed by atoms with E-state index in [1.807, 2.05) is 0 Å². The van der Waals surface area contributed by atoms with Crippen LogP contribution in [0.5, 0.6) is 0 Å². The fourth-order valence-corrected chi connectivity index (χ4v) is 1.81. The fourth-order valence-electron chi connectivity index (χ4n) is 1.81. The maximum atomic E-state index is 12.2. The largest absolute Gasteiger partial charge is 0.480 e. The lowest BCUT2D eigenvalue weighted by Gasteiger charge is -2.35. The number of hydrogen-bond donors (Lipinski definition) is 4. The van der Waals surface area contributed by atoms with Gasteiger partial charge in [0.2, 0.25) is 17.7 Å². The molecular weight excluding hydrogens is 286 g/mol. The molecule has 0 saturated carbocycles. The smallest absolute Gasteiger partial charge is 0.328 e. The summed E-state index contributed by atoms with van der Waals surface area (Å²) in [6.45, 7) is -2.02. The zero-order valence-corrected chi connectivity index (χ0v) is 10.9. The summed E-state index contributed by atoms with van der Waals surface area (Å²) < 4.78 is 0. The summed E-state index contributed by atoms with van der Waals surface area (Å²) in [6.07, 6.45) is 0. The molecule has 5 amide bonds. The molecule has 0 aromatic carbocycles. The lowest BCUT2D eigenvalue weighted by atomic mass is 10.2. The molecule has 1 aliphatic heterocycles.